The van der Waals surface area contributed by atoms with Crippen LogP contribution in [0.15, 0.2) is 18.2 Å². The van der Waals surface area contributed by atoms with Crippen molar-refractivity contribution < 1.29 is 31.1 Å². The molecule has 2 aromatic carbocycles. The van der Waals surface area contributed by atoms with Gasteiger partial charge in [0.25, 0.3) is 0 Å². The van der Waals surface area contributed by atoms with Crippen LogP contribution in [0, 0.1) is 23.0 Å². The molecular formula is C32H31F6N7OS. The van der Waals surface area contributed by atoms with Gasteiger partial charge in [-0.1, -0.05) is 6.07 Å². The number of hydrogen-bond donors (Lipinski definition) is 2. The van der Waals surface area contributed by atoms with Gasteiger partial charge in [-0.15, -0.1) is 11.3 Å². The van der Waals surface area contributed by atoms with E-state index in [-0.39, 0.29) is 75.1 Å². The SMILES string of the molecule is C[C@@H]1NCC[C@H]1N(C)c1nc(OC[C@@]23CCCN2C[C@H](F)C3)nc2c(F)c(-c3ccc(F)c4sc(N)c(C#N)c34)c(C(F)(F)F)cc12. The molecule has 0 amide bonds. The molecular weight excluding hydrogens is 644 g/mol. The van der Waals surface area contributed by atoms with E-state index in [9.17, 15) is 27.2 Å². The quantitative estimate of drug-likeness (QED) is 0.226. The number of ether oxygens (including phenoxy) is 1. The Morgan fingerprint density at radius 1 is 1.28 bits per heavy atom. The van der Waals surface area contributed by atoms with Crippen LogP contribution in [0.5, 0.6) is 6.01 Å². The molecule has 3 aliphatic heterocycles. The fraction of sp³-hybridized carbons (Fsp3) is 0.469. The van der Waals surface area contributed by atoms with E-state index in [1.165, 1.54) is 0 Å². The van der Waals surface area contributed by atoms with E-state index in [1.54, 1.807) is 11.9 Å². The first kappa shape index (κ1) is 31.7. The summed E-state index contributed by atoms with van der Waals surface area (Å²) in [6.45, 7) is 3.63. The van der Waals surface area contributed by atoms with E-state index < -0.39 is 46.2 Å². The van der Waals surface area contributed by atoms with E-state index in [0.29, 0.717) is 37.3 Å². The number of nitrogens with two attached hydrogens (primary N) is 1. The Balaban J connectivity index is 1.46. The van der Waals surface area contributed by atoms with Crippen molar-refractivity contribution >= 4 is 43.1 Å². The van der Waals surface area contributed by atoms with Crippen molar-refractivity contribution in [3.63, 3.8) is 0 Å². The molecule has 5 heterocycles. The largest absolute Gasteiger partial charge is 0.461 e. The molecule has 4 atom stereocenters. The molecule has 47 heavy (non-hydrogen) atoms. The molecule has 0 saturated carbocycles. The lowest BCUT2D eigenvalue weighted by molar-refractivity contribution is -0.137. The number of nitrogen functional groups attached to an aromatic ring is 1. The second-order valence-electron chi connectivity index (χ2n) is 12.7. The highest BCUT2D eigenvalue weighted by molar-refractivity contribution is 7.23. The molecule has 248 valence electrons. The standard InChI is InChI=1S/C32H31F6N7OS/c1-15-22(6-8-41-15)44(2)29-18-10-20(32(36,37)38)24(17-4-5-21(34)27-23(17)19(12-39)28(40)47-27)25(35)26(18)42-30(43-29)46-14-31-7-3-9-45(31)13-16(33)11-31/h4-5,10,15-16,22,41H,3,6-9,11,13-14,40H2,1-2H3/t15-,16+,22+,31-/m0/s1. The molecule has 0 bridgehead atoms. The number of benzene rings is 2. The number of rotatable bonds is 6. The van der Waals surface area contributed by atoms with Crippen LogP contribution in [0.2, 0.25) is 0 Å². The normalized spacial score (nSPS) is 24.7. The molecule has 4 aromatic rings. The number of halogens is 6. The molecule has 0 unspecified atom stereocenters. The highest BCUT2D eigenvalue weighted by Gasteiger charge is 2.49. The number of nitriles is 1. The van der Waals surface area contributed by atoms with Crippen LogP contribution in [0.3, 0.4) is 0 Å². The van der Waals surface area contributed by atoms with Crippen LogP contribution in [-0.2, 0) is 6.18 Å². The summed E-state index contributed by atoms with van der Waals surface area (Å²) in [4.78, 5) is 12.6. The first-order valence-electron chi connectivity index (χ1n) is 15.3. The third-order valence-corrected chi connectivity index (χ3v) is 11.0. The fourth-order valence-electron chi connectivity index (χ4n) is 7.70. The highest BCUT2D eigenvalue weighted by atomic mass is 32.1. The van der Waals surface area contributed by atoms with E-state index in [4.69, 9.17) is 10.5 Å². The number of nitrogens with one attached hydrogen (secondary N) is 1. The highest BCUT2D eigenvalue weighted by Crippen LogP contribution is 2.48. The second-order valence-corrected chi connectivity index (χ2v) is 13.7. The Morgan fingerprint density at radius 2 is 2.06 bits per heavy atom. The van der Waals surface area contributed by atoms with Gasteiger partial charge in [-0.3, -0.25) is 4.90 Å². The minimum atomic E-state index is -5.07. The van der Waals surface area contributed by atoms with Crippen LogP contribution < -0.4 is 20.7 Å². The van der Waals surface area contributed by atoms with Crippen LogP contribution in [0.1, 0.15) is 43.7 Å². The zero-order valence-electron chi connectivity index (χ0n) is 25.5. The molecule has 0 spiro atoms. The van der Waals surface area contributed by atoms with Gasteiger partial charge in [-0.05, 0) is 57.0 Å². The number of likely N-dealkylation sites (N-methyl/N-ethyl adjacent to an activating group) is 1. The summed E-state index contributed by atoms with van der Waals surface area (Å²) in [5.74, 6) is -2.10. The fourth-order valence-corrected chi connectivity index (χ4v) is 8.65. The van der Waals surface area contributed by atoms with Gasteiger partial charge >= 0.3 is 12.2 Å². The zero-order valence-corrected chi connectivity index (χ0v) is 26.3. The third kappa shape index (κ3) is 5.12. The molecule has 15 heteroatoms. The summed E-state index contributed by atoms with van der Waals surface area (Å²) in [5, 5.41) is 12.6. The predicted molar refractivity (Wildman–Crippen MR) is 167 cm³/mol. The minimum Gasteiger partial charge on any atom is -0.461 e. The van der Waals surface area contributed by atoms with Gasteiger partial charge in [0.15, 0.2) is 5.82 Å². The first-order chi connectivity index (χ1) is 22.3. The van der Waals surface area contributed by atoms with Crippen molar-refractivity contribution in [1.29, 1.82) is 5.26 Å². The lowest BCUT2D eigenvalue weighted by Gasteiger charge is -2.32. The Kier molecular flexibility index (Phi) is 7.68. The number of aromatic nitrogens is 2. The third-order valence-electron chi connectivity index (χ3n) is 9.94. The van der Waals surface area contributed by atoms with Gasteiger partial charge < -0.3 is 20.7 Å². The summed E-state index contributed by atoms with van der Waals surface area (Å²) >= 11 is 0.698. The maximum Gasteiger partial charge on any atom is 0.417 e. The minimum absolute atomic E-state index is 0.0247. The number of fused-ring (bicyclic) bond motifs is 3. The zero-order chi connectivity index (χ0) is 33.4. The van der Waals surface area contributed by atoms with Crippen molar-refractivity contribution in [2.45, 2.75) is 62.6 Å². The molecule has 0 aliphatic carbocycles. The Bertz CT molecular complexity index is 1940. The van der Waals surface area contributed by atoms with E-state index >= 15 is 4.39 Å². The number of nitrogens with zero attached hydrogens (tertiary/aromatic N) is 5. The Hall–Kier alpha value is -3.87. The molecule has 0 radical (unpaired) electrons. The number of hydrogen-bond acceptors (Lipinski definition) is 9. The van der Waals surface area contributed by atoms with Crippen molar-refractivity contribution in [3.8, 4) is 23.2 Å². The van der Waals surface area contributed by atoms with Crippen LogP contribution >= 0.6 is 11.3 Å². The van der Waals surface area contributed by atoms with Crippen LogP contribution in [0.25, 0.3) is 32.1 Å². The van der Waals surface area contributed by atoms with Crippen LogP contribution in [-0.4, -0.2) is 72.0 Å². The van der Waals surface area contributed by atoms with Gasteiger partial charge in [0.05, 0.1) is 21.4 Å². The lowest BCUT2D eigenvalue weighted by Crippen LogP contribution is -2.43. The number of alkyl halides is 4. The molecule has 8 nitrogen and oxygen atoms in total. The number of anilines is 2. The van der Waals surface area contributed by atoms with Gasteiger partial charge in [-0.25, -0.2) is 13.2 Å². The molecule has 7 rings (SSSR count). The average Bonchev–Trinajstić information content (AvgIpc) is 3.77. The maximum atomic E-state index is 17.0. The molecule has 3 N–H and O–H groups in total. The second kappa shape index (κ2) is 11.4. The summed E-state index contributed by atoms with van der Waals surface area (Å²) in [5.41, 5.74) is 2.11. The summed E-state index contributed by atoms with van der Waals surface area (Å²) < 4.78 is 96.8. The summed E-state index contributed by atoms with van der Waals surface area (Å²) in [7, 11) is 1.68. The molecule has 3 fully saturated rings. The van der Waals surface area contributed by atoms with Crippen molar-refractivity contribution in [2.75, 3.05) is 43.9 Å². The van der Waals surface area contributed by atoms with Gasteiger partial charge in [0.1, 0.15) is 41.0 Å². The number of thiophene rings is 1. The van der Waals surface area contributed by atoms with Gasteiger partial charge in [-0.2, -0.15) is 28.4 Å². The lowest BCUT2D eigenvalue weighted by atomic mass is 9.92. The molecule has 2 aromatic heterocycles. The monoisotopic (exact) mass is 675 g/mol. The van der Waals surface area contributed by atoms with Gasteiger partial charge in [0, 0.05) is 48.4 Å². The molecule has 3 aliphatic rings. The topological polar surface area (TPSA) is 103 Å². The Labute approximate surface area is 270 Å². The van der Waals surface area contributed by atoms with E-state index in [0.717, 1.165) is 24.6 Å². The smallest absolute Gasteiger partial charge is 0.417 e. The first-order valence-corrected chi connectivity index (χ1v) is 16.1. The predicted octanol–water partition coefficient (Wildman–Crippen LogP) is 6.40. The van der Waals surface area contributed by atoms with E-state index in [2.05, 4.69) is 15.3 Å². The van der Waals surface area contributed by atoms with E-state index in [1.807, 2.05) is 17.9 Å². The summed E-state index contributed by atoms with van der Waals surface area (Å²) in [6, 6.07) is 4.08. The molecule has 3 saturated heterocycles. The maximum absolute atomic E-state index is 17.0. The van der Waals surface area contributed by atoms with Crippen LogP contribution in [0.4, 0.5) is 37.2 Å². The van der Waals surface area contributed by atoms with Crippen molar-refractivity contribution in [2.24, 2.45) is 0 Å². The summed E-state index contributed by atoms with van der Waals surface area (Å²) in [6.07, 6.45) is -3.62. The average molecular weight is 676 g/mol. The van der Waals surface area contributed by atoms with Gasteiger partial charge in [0.2, 0.25) is 0 Å². The van der Waals surface area contributed by atoms with Crippen molar-refractivity contribution in [1.82, 2.24) is 20.2 Å². The van der Waals surface area contributed by atoms with Crippen molar-refractivity contribution in [3.05, 3.63) is 41.0 Å². The Morgan fingerprint density at radius 3 is 2.77 bits per heavy atom.